The third-order valence-electron chi connectivity index (χ3n) is 2.79. The van der Waals surface area contributed by atoms with E-state index in [1.807, 2.05) is 7.05 Å². The Morgan fingerprint density at radius 2 is 2.00 bits per heavy atom. The molecule has 0 amide bonds. The van der Waals surface area contributed by atoms with Crippen LogP contribution in [0.2, 0.25) is 0 Å². The normalized spacial score (nSPS) is 18.8. The van der Waals surface area contributed by atoms with Crippen LogP contribution in [0.25, 0.3) is 0 Å². The van der Waals surface area contributed by atoms with Crippen LogP contribution in [0.15, 0.2) is 0 Å². The van der Waals surface area contributed by atoms with Gasteiger partial charge in [-0.3, -0.25) is 0 Å². The molecular weight excluding hydrogens is 238 g/mol. The standard InChI is InChI=1S/C10H20F2N2O.ClH/c1-13-9-2-4-14(5-3-9)6-7-15-8-10(11)12;/h9-10,13H,2-8H2,1H3;1H. The molecule has 0 aromatic heterocycles. The Morgan fingerprint density at radius 3 is 2.50 bits per heavy atom. The van der Waals surface area contributed by atoms with Gasteiger partial charge in [0.2, 0.25) is 0 Å². The van der Waals surface area contributed by atoms with Gasteiger partial charge in [0.05, 0.1) is 6.61 Å². The number of nitrogens with one attached hydrogen (secondary N) is 1. The number of rotatable bonds is 6. The highest BCUT2D eigenvalue weighted by Gasteiger charge is 2.17. The highest BCUT2D eigenvalue weighted by atomic mass is 35.5. The van der Waals surface area contributed by atoms with Gasteiger partial charge in [-0.05, 0) is 33.0 Å². The molecule has 1 N–H and O–H groups in total. The zero-order valence-corrected chi connectivity index (χ0v) is 10.4. The predicted octanol–water partition coefficient (Wildman–Crippen LogP) is 1.37. The van der Waals surface area contributed by atoms with E-state index in [1.54, 1.807) is 0 Å². The maximum atomic E-state index is 11.8. The average molecular weight is 259 g/mol. The predicted molar refractivity (Wildman–Crippen MR) is 62.6 cm³/mol. The lowest BCUT2D eigenvalue weighted by Crippen LogP contribution is -2.42. The highest BCUT2D eigenvalue weighted by Crippen LogP contribution is 2.09. The minimum Gasteiger partial charge on any atom is -0.374 e. The molecule has 6 heteroatoms. The van der Waals surface area contributed by atoms with Crippen LogP contribution < -0.4 is 5.32 Å². The van der Waals surface area contributed by atoms with Crippen LogP contribution in [-0.2, 0) is 4.74 Å². The number of hydrogen-bond donors (Lipinski definition) is 1. The minimum atomic E-state index is -2.35. The summed E-state index contributed by atoms with van der Waals surface area (Å²) in [7, 11) is 1.98. The molecule has 0 atom stereocenters. The number of ether oxygens (including phenoxy) is 1. The van der Waals surface area contributed by atoms with Crippen LogP contribution in [0, 0.1) is 0 Å². The quantitative estimate of drug-likeness (QED) is 0.729. The fourth-order valence-electron chi connectivity index (χ4n) is 1.81. The van der Waals surface area contributed by atoms with Crippen LogP contribution in [0.3, 0.4) is 0 Å². The summed E-state index contributed by atoms with van der Waals surface area (Å²) in [4.78, 5) is 2.26. The maximum Gasteiger partial charge on any atom is 0.261 e. The second-order valence-electron chi connectivity index (χ2n) is 3.87. The minimum absolute atomic E-state index is 0. The van der Waals surface area contributed by atoms with Crippen molar-refractivity contribution in [1.82, 2.24) is 10.2 Å². The molecule has 0 aromatic rings. The molecule has 1 rings (SSSR count). The first kappa shape index (κ1) is 16.0. The largest absolute Gasteiger partial charge is 0.374 e. The summed E-state index contributed by atoms with van der Waals surface area (Å²) < 4.78 is 28.3. The molecule has 0 radical (unpaired) electrons. The fraction of sp³-hybridized carbons (Fsp3) is 1.00. The molecule has 0 aliphatic carbocycles. The molecule has 0 saturated carbocycles. The monoisotopic (exact) mass is 258 g/mol. The van der Waals surface area contributed by atoms with E-state index in [1.165, 1.54) is 0 Å². The Balaban J connectivity index is 0.00000225. The molecule has 1 saturated heterocycles. The number of alkyl halides is 2. The number of nitrogens with zero attached hydrogens (tertiary/aromatic N) is 1. The van der Waals surface area contributed by atoms with Gasteiger partial charge in [0, 0.05) is 12.6 Å². The molecule has 0 unspecified atom stereocenters. The first-order valence-corrected chi connectivity index (χ1v) is 5.48. The van der Waals surface area contributed by atoms with E-state index >= 15 is 0 Å². The Hall–Kier alpha value is 0.0300. The first-order valence-electron chi connectivity index (χ1n) is 5.48. The molecular formula is C10H21ClF2N2O. The third-order valence-corrected chi connectivity index (χ3v) is 2.79. The van der Waals surface area contributed by atoms with E-state index in [2.05, 4.69) is 10.2 Å². The zero-order valence-electron chi connectivity index (χ0n) is 9.62. The lowest BCUT2D eigenvalue weighted by molar-refractivity contribution is 0.00770. The molecule has 1 fully saturated rings. The van der Waals surface area contributed by atoms with Crippen LogP contribution in [0.4, 0.5) is 8.78 Å². The Kier molecular flexibility index (Phi) is 9.12. The SMILES string of the molecule is CNC1CCN(CCOCC(F)F)CC1.Cl. The summed E-state index contributed by atoms with van der Waals surface area (Å²) in [5, 5.41) is 3.25. The number of halogens is 3. The number of piperidine rings is 1. The van der Waals surface area contributed by atoms with Crippen LogP contribution >= 0.6 is 12.4 Å². The molecule has 1 aliphatic heterocycles. The summed E-state index contributed by atoms with van der Waals surface area (Å²) >= 11 is 0. The highest BCUT2D eigenvalue weighted by molar-refractivity contribution is 5.85. The molecule has 1 aliphatic rings. The Labute approximate surface area is 102 Å². The topological polar surface area (TPSA) is 24.5 Å². The molecule has 16 heavy (non-hydrogen) atoms. The number of likely N-dealkylation sites (tertiary alicyclic amines) is 1. The van der Waals surface area contributed by atoms with E-state index in [9.17, 15) is 8.78 Å². The van der Waals surface area contributed by atoms with E-state index in [0.29, 0.717) is 12.6 Å². The summed E-state index contributed by atoms with van der Waals surface area (Å²) in [6.07, 6.45) is -0.0866. The summed E-state index contributed by atoms with van der Waals surface area (Å²) in [6, 6.07) is 0.614. The third kappa shape index (κ3) is 6.58. The smallest absolute Gasteiger partial charge is 0.261 e. The number of hydrogen-bond acceptors (Lipinski definition) is 3. The van der Waals surface area contributed by atoms with Gasteiger partial charge in [-0.25, -0.2) is 8.78 Å². The van der Waals surface area contributed by atoms with Crippen molar-refractivity contribution in [3.05, 3.63) is 0 Å². The molecule has 0 aromatic carbocycles. The Morgan fingerprint density at radius 1 is 1.38 bits per heavy atom. The van der Waals surface area contributed by atoms with Gasteiger partial charge in [0.25, 0.3) is 6.43 Å². The van der Waals surface area contributed by atoms with Crippen LogP contribution in [0.1, 0.15) is 12.8 Å². The summed E-state index contributed by atoms with van der Waals surface area (Å²) in [5.41, 5.74) is 0. The van der Waals surface area contributed by atoms with Gasteiger partial charge in [-0.1, -0.05) is 0 Å². The zero-order chi connectivity index (χ0) is 11.1. The average Bonchev–Trinajstić information content (AvgIpc) is 2.25. The second kappa shape index (κ2) is 9.10. The second-order valence-corrected chi connectivity index (χ2v) is 3.87. The van der Waals surface area contributed by atoms with Crippen LogP contribution in [-0.4, -0.2) is 57.3 Å². The molecule has 1 heterocycles. The van der Waals surface area contributed by atoms with Crippen molar-refractivity contribution in [2.45, 2.75) is 25.3 Å². The van der Waals surface area contributed by atoms with Crippen molar-refractivity contribution in [1.29, 1.82) is 0 Å². The molecule has 0 spiro atoms. The first-order chi connectivity index (χ1) is 7.22. The van der Waals surface area contributed by atoms with E-state index in [-0.39, 0.29) is 12.4 Å². The molecule has 3 nitrogen and oxygen atoms in total. The van der Waals surface area contributed by atoms with Gasteiger partial charge in [0.15, 0.2) is 0 Å². The van der Waals surface area contributed by atoms with Gasteiger partial charge in [-0.15, -0.1) is 12.4 Å². The van der Waals surface area contributed by atoms with Gasteiger partial charge >= 0.3 is 0 Å². The van der Waals surface area contributed by atoms with Crippen molar-refractivity contribution < 1.29 is 13.5 Å². The van der Waals surface area contributed by atoms with Crippen molar-refractivity contribution in [2.75, 3.05) is 39.9 Å². The van der Waals surface area contributed by atoms with Gasteiger partial charge in [-0.2, -0.15) is 0 Å². The Bertz CT molecular complexity index is 167. The van der Waals surface area contributed by atoms with E-state index in [4.69, 9.17) is 4.74 Å². The molecule has 98 valence electrons. The molecule has 0 bridgehead atoms. The van der Waals surface area contributed by atoms with E-state index in [0.717, 1.165) is 32.5 Å². The van der Waals surface area contributed by atoms with Gasteiger partial charge in [0.1, 0.15) is 6.61 Å². The van der Waals surface area contributed by atoms with Crippen molar-refractivity contribution in [2.24, 2.45) is 0 Å². The lowest BCUT2D eigenvalue weighted by atomic mass is 10.1. The van der Waals surface area contributed by atoms with Gasteiger partial charge < -0.3 is 15.0 Å². The lowest BCUT2D eigenvalue weighted by Gasteiger charge is -2.31. The fourth-order valence-corrected chi connectivity index (χ4v) is 1.81. The van der Waals surface area contributed by atoms with Crippen molar-refractivity contribution >= 4 is 12.4 Å². The van der Waals surface area contributed by atoms with E-state index < -0.39 is 13.0 Å². The summed E-state index contributed by atoms with van der Waals surface area (Å²) in [6.45, 7) is 2.80. The van der Waals surface area contributed by atoms with Crippen molar-refractivity contribution in [3.63, 3.8) is 0 Å². The maximum absolute atomic E-state index is 11.8. The summed E-state index contributed by atoms with van der Waals surface area (Å²) in [5.74, 6) is 0. The van der Waals surface area contributed by atoms with Crippen LogP contribution in [0.5, 0.6) is 0 Å². The van der Waals surface area contributed by atoms with Crippen molar-refractivity contribution in [3.8, 4) is 0 Å².